The second-order valence-corrected chi connectivity index (χ2v) is 2.79. The fourth-order valence-electron chi connectivity index (χ4n) is 0.357. The Kier molecular flexibility index (Phi) is 2.49. The molecule has 0 radical (unpaired) electrons. The minimum atomic E-state index is -0.264. The third-order valence-electron chi connectivity index (χ3n) is 0.635. The summed E-state index contributed by atoms with van der Waals surface area (Å²) >= 11 is 0. The lowest BCUT2D eigenvalue weighted by Crippen LogP contribution is -2.30. The first-order valence-corrected chi connectivity index (χ1v) is 2.91. The van der Waals surface area contributed by atoms with Gasteiger partial charge >= 0.3 is 0 Å². The van der Waals surface area contributed by atoms with E-state index in [0.29, 0.717) is 0 Å². The average Bonchev–Trinajstić information content (AvgIpc) is 1.62. The van der Waals surface area contributed by atoms with Crippen LogP contribution in [0.25, 0.3) is 0 Å². The van der Waals surface area contributed by atoms with Crippen LogP contribution in [0.15, 0.2) is 0 Å². The van der Waals surface area contributed by atoms with Crippen molar-refractivity contribution >= 4 is 6.02 Å². The van der Waals surface area contributed by atoms with Crippen molar-refractivity contribution in [3.8, 4) is 0 Å². The lowest BCUT2D eigenvalue weighted by molar-refractivity contribution is 0.108. The van der Waals surface area contributed by atoms with E-state index in [1.807, 2.05) is 20.8 Å². The summed E-state index contributed by atoms with van der Waals surface area (Å²) in [5.41, 5.74) is -0.264. The zero-order valence-corrected chi connectivity index (χ0v) is 6.41. The van der Waals surface area contributed by atoms with Gasteiger partial charge < -0.3 is 10.1 Å². The number of amidine groups is 1. The van der Waals surface area contributed by atoms with Gasteiger partial charge in [0.25, 0.3) is 6.02 Å². The van der Waals surface area contributed by atoms with Crippen molar-refractivity contribution in [2.24, 2.45) is 0 Å². The molecular formula is C6H14N2O. The molecule has 0 saturated carbocycles. The highest BCUT2D eigenvalue weighted by Crippen LogP contribution is 2.05. The molecule has 0 aromatic rings. The van der Waals surface area contributed by atoms with Crippen molar-refractivity contribution in [1.29, 1.82) is 5.41 Å². The number of rotatable bonds is 0. The van der Waals surface area contributed by atoms with E-state index in [0.717, 1.165) is 0 Å². The molecule has 0 rings (SSSR count). The molecular weight excluding hydrogens is 116 g/mol. The fourth-order valence-corrected chi connectivity index (χ4v) is 0.357. The first-order valence-electron chi connectivity index (χ1n) is 2.91. The van der Waals surface area contributed by atoms with Crippen molar-refractivity contribution < 1.29 is 4.74 Å². The van der Waals surface area contributed by atoms with Crippen molar-refractivity contribution in [2.45, 2.75) is 26.4 Å². The molecule has 3 nitrogen and oxygen atoms in total. The zero-order chi connectivity index (χ0) is 7.49. The van der Waals surface area contributed by atoms with Crippen molar-refractivity contribution in [1.82, 2.24) is 5.32 Å². The van der Waals surface area contributed by atoms with Gasteiger partial charge in [-0.2, -0.15) is 0 Å². The van der Waals surface area contributed by atoms with Gasteiger partial charge in [0, 0.05) is 7.05 Å². The standard InChI is InChI=1S/C6H14N2O/c1-6(2,3)9-5(7)8-4/h1-4H3,(H2,7,8). The molecule has 0 fully saturated rings. The Hall–Kier alpha value is -0.730. The van der Waals surface area contributed by atoms with Crippen LogP contribution in [0.5, 0.6) is 0 Å². The van der Waals surface area contributed by atoms with E-state index >= 15 is 0 Å². The number of nitrogens with one attached hydrogen (secondary N) is 2. The van der Waals surface area contributed by atoms with Crippen LogP contribution >= 0.6 is 0 Å². The van der Waals surface area contributed by atoms with Crippen LogP contribution in [0.3, 0.4) is 0 Å². The van der Waals surface area contributed by atoms with Gasteiger partial charge in [-0.05, 0) is 20.8 Å². The molecule has 0 aliphatic carbocycles. The largest absolute Gasteiger partial charge is 0.460 e. The molecule has 54 valence electrons. The van der Waals surface area contributed by atoms with Crippen molar-refractivity contribution in [2.75, 3.05) is 7.05 Å². The minimum absolute atomic E-state index is 0.113. The number of hydrogen-bond donors (Lipinski definition) is 2. The maximum Gasteiger partial charge on any atom is 0.281 e. The number of ether oxygens (including phenoxy) is 1. The summed E-state index contributed by atoms with van der Waals surface area (Å²) in [5, 5.41) is 9.64. The quantitative estimate of drug-likeness (QED) is 0.379. The highest BCUT2D eigenvalue weighted by Gasteiger charge is 2.11. The van der Waals surface area contributed by atoms with Crippen LogP contribution < -0.4 is 5.32 Å². The maximum atomic E-state index is 7.06. The van der Waals surface area contributed by atoms with E-state index in [1.165, 1.54) is 0 Å². The van der Waals surface area contributed by atoms with Gasteiger partial charge in [-0.3, -0.25) is 5.41 Å². The van der Waals surface area contributed by atoms with E-state index in [9.17, 15) is 0 Å². The summed E-state index contributed by atoms with van der Waals surface area (Å²) in [6.07, 6.45) is 0. The van der Waals surface area contributed by atoms with Gasteiger partial charge in [-0.25, -0.2) is 0 Å². The van der Waals surface area contributed by atoms with Crippen molar-refractivity contribution in [3.63, 3.8) is 0 Å². The van der Waals surface area contributed by atoms with Crippen LogP contribution in [-0.2, 0) is 4.74 Å². The molecule has 0 atom stereocenters. The molecule has 0 amide bonds. The van der Waals surface area contributed by atoms with E-state index in [4.69, 9.17) is 10.1 Å². The first-order chi connectivity index (χ1) is 3.95. The lowest BCUT2D eigenvalue weighted by Gasteiger charge is -2.20. The van der Waals surface area contributed by atoms with Gasteiger partial charge in [0.05, 0.1) is 0 Å². The van der Waals surface area contributed by atoms with Crippen LogP contribution in [-0.4, -0.2) is 18.7 Å². The Labute approximate surface area is 55.9 Å². The van der Waals surface area contributed by atoms with Gasteiger partial charge in [0.15, 0.2) is 0 Å². The second kappa shape index (κ2) is 2.71. The monoisotopic (exact) mass is 130 g/mol. The maximum absolute atomic E-state index is 7.06. The SMILES string of the molecule is CNC(=N)OC(C)(C)C. The van der Waals surface area contributed by atoms with Gasteiger partial charge in [0.2, 0.25) is 0 Å². The summed E-state index contributed by atoms with van der Waals surface area (Å²) < 4.78 is 5.06. The summed E-state index contributed by atoms with van der Waals surface area (Å²) in [6.45, 7) is 5.70. The first kappa shape index (κ1) is 8.27. The van der Waals surface area contributed by atoms with Crippen molar-refractivity contribution in [3.05, 3.63) is 0 Å². The molecule has 9 heavy (non-hydrogen) atoms. The molecule has 3 heteroatoms. The smallest absolute Gasteiger partial charge is 0.281 e. The summed E-state index contributed by atoms with van der Waals surface area (Å²) in [4.78, 5) is 0. The molecule has 0 aromatic heterocycles. The van der Waals surface area contributed by atoms with Crippen LogP contribution in [0, 0.1) is 5.41 Å². The average molecular weight is 130 g/mol. The summed E-state index contributed by atoms with van der Waals surface area (Å²) in [5.74, 6) is 0. The highest BCUT2D eigenvalue weighted by molar-refractivity contribution is 5.69. The minimum Gasteiger partial charge on any atom is -0.460 e. The molecule has 0 aromatic carbocycles. The van der Waals surface area contributed by atoms with E-state index in [2.05, 4.69) is 5.32 Å². The number of hydrogen-bond acceptors (Lipinski definition) is 2. The second-order valence-electron chi connectivity index (χ2n) is 2.79. The topological polar surface area (TPSA) is 45.1 Å². The summed E-state index contributed by atoms with van der Waals surface area (Å²) in [7, 11) is 1.66. The molecule has 0 saturated heterocycles. The zero-order valence-electron chi connectivity index (χ0n) is 6.41. The normalized spacial score (nSPS) is 10.7. The predicted octanol–water partition coefficient (Wildman–Crippen LogP) is 0.956. The Morgan fingerprint density at radius 3 is 2.00 bits per heavy atom. The molecule has 0 unspecified atom stereocenters. The lowest BCUT2D eigenvalue weighted by atomic mass is 10.2. The Morgan fingerprint density at radius 1 is 1.44 bits per heavy atom. The van der Waals surface area contributed by atoms with Gasteiger partial charge in [0.1, 0.15) is 5.60 Å². The molecule has 0 heterocycles. The van der Waals surface area contributed by atoms with E-state index in [-0.39, 0.29) is 11.6 Å². The Bertz CT molecular complexity index is 104. The van der Waals surface area contributed by atoms with E-state index < -0.39 is 0 Å². The molecule has 2 N–H and O–H groups in total. The van der Waals surface area contributed by atoms with Crippen LogP contribution in [0.1, 0.15) is 20.8 Å². The third-order valence-corrected chi connectivity index (χ3v) is 0.635. The van der Waals surface area contributed by atoms with Gasteiger partial charge in [-0.1, -0.05) is 0 Å². The van der Waals surface area contributed by atoms with Crippen LogP contribution in [0.4, 0.5) is 0 Å². The highest BCUT2D eigenvalue weighted by atomic mass is 16.5. The summed E-state index contributed by atoms with van der Waals surface area (Å²) in [6, 6.07) is 0.113. The van der Waals surface area contributed by atoms with Crippen LogP contribution in [0.2, 0.25) is 0 Å². The predicted molar refractivity (Wildman–Crippen MR) is 37.6 cm³/mol. The van der Waals surface area contributed by atoms with E-state index in [1.54, 1.807) is 7.05 Å². The molecule has 0 bridgehead atoms. The Morgan fingerprint density at radius 2 is 1.89 bits per heavy atom. The third kappa shape index (κ3) is 5.14. The molecule has 0 aliphatic heterocycles. The molecule has 0 spiro atoms. The molecule has 0 aliphatic rings. The fraction of sp³-hybridized carbons (Fsp3) is 0.833. The van der Waals surface area contributed by atoms with Gasteiger partial charge in [-0.15, -0.1) is 0 Å². The Balaban J connectivity index is 3.60.